The molecule has 1 amide bonds. The van der Waals surface area contributed by atoms with Crippen molar-refractivity contribution in [2.24, 2.45) is 0 Å². The molecule has 2 rings (SSSR count). The third-order valence-electron chi connectivity index (χ3n) is 4.43. The minimum Gasteiger partial charge on any atom is -0.324 e. The number of hydrogen-bond acceptors (Lipinski definition) is 3. The van der Waals surface area contributed by atoms with E-state index in [2.05, 4.69) is 19.2 Å². The maximum Gasteiger partial charge on any atom is 0.401 e. The van der Waals surface area contributed by atoms with Gasteiger partial charge in [-0.05, 0) is 24.0 Å². The van der Waals surface area contributed by atoms with Gasteiger partial charge in [0.25, 0.3) is 0 Å². The molecule has 1 aromatic carbocycles. The summed E-state index contributed by atoms with van der Waals surface area (Å²) in [6.45, 7) is 7.01. The number of nitrogens with one attached hydrogen (secondary N) is 1. The minimum atomic E-state index is -4.17. The summed E-state index contributed by atoms with van der Waals surface area (Å²) in [7, 11) is 0. The fraction of sp³-hybridized carbons (Fsp3) is 0.611. The second-order valence-electron chi connectivity index (χ2n) is 6.91. The fourth-order valence-electron chi connectivity index (χ4n) is 3.08. The number of para-hydroxylation sites is 1. The van der Waals surface area contributed by atoms with E-state index in [0.29, 0.717) is 32.1 Å². The van der Waals surface area contributed by atoms with Crippen LogP contribution in [0.15, 0.2) is 18.2 Å². The van der Waals surface area contributed by atoms with Gasteiger partial charge in [-0.1, -0.05) is 32.0 Å². The van der Waals surface area contributed by atoms with Crippen LogP contribution in [0.2, 0.25) is 0 Å². The maximum atomic E-state index is 12.4. The van der Waals surface area contributed by atoms with Crippen LogP contribution in [0.3, 0.4) is 0 Å². The second kappa shape index (κ2) is 8.19. The van der Waals surface area contributed by atoms with Crippen LogP contribution >= 0.6 is 0 Å². The van der Waals surface area contributed by atoms with Crippen LogP contribution < -0.4 is 5.32 Å². The third-order valence-corrected chi connectivity index (χ3v) is 4.43. The molecule has 1 aromatic rings. The minimum absolute atomic E-state index is 0.125. The first-order chi connectivity index (χ1) is 11.7. The fourth-order valence-corrected chi connectivity index (χ4v) is 3.08. The predicted molar refractivity (Wildman–Crippen MR) is 92.8 cm³/mol. The summed E-state index contributed by atoms with van der Waals surface area (Å²) in [5, 5.41) is 2.98. The monoisotopic (exact) mass is 357 g/mol. The molecule has 0 saturated carbocycles. The SMILES string of the molecule is Cc1cccc(C(C)C)c1NC(=O)CN1CCN(CC(F)(F)F)CC1. The highest BCUT2D eigenvalue weighted by Gasteiger charge is 2.32. The van der Waals surface area contributed by atoms with Gasteiger partial charge in [-0.2, -0.15) is 13.2 Å². The van der Waals surface area contributed by atoms with Gasteiger partial charge in [0.1, 0.15) is 0 Å². The van der Waals surface area contributed by atoms with Crippen molar-refractivity contribution in [2.45, 2.75) is 32.9 Å². The van der Waals surface area contributed by atoms with Gasteiger partial charge in [0.2, 0.25) is 5.91 Å². The summed E-state index contributed by atoms with van der Waals surface area (Å²) in [6.07, 6.45) is -4.17. The topological polar surface area (TPSA) is 35.6 Å². The predicted octanol–water partition coefficient (Wildman–Crippen LogP) is 3.24. The zero-order valence-electron chi connectivity index (χ0n) is 15.0. The lowest BCUT2D eigenvalue weighted by Crippen LogP contribution is -2.50. The molecule has 1 aliphatic heterocycles. The van der Waals surface area contributed by atoms with Gasteiger partial charge < -0.3 is 5.32 Å². The van der Waals surface area contributed by atoms with Crippen LogP contribution in [-0.4, -0.2) is 61.2 Å². The van der Waals surface area contributed by atoms with E-state index < -0.39 is 12.7 Å². The summed E-state index contributed by atoms with van der Waals surface area (Å²) < 4.78 is 37.2. The van der Waals surface area contributed by atoms with Crippen molar-refractivity contribution < 1.29 is 18.0 Å². The quantitative estimate of drug-likeness (QED) is 0.879. The number of aryl methyl sites for hydroxylation is 1. The molecule has 25 heavy (non-hydrogen) atoms. The lowest BCUT2D eigenvalue weighted by molar-refractivity contribution is -0.149. The number of amides is 1. The summed E-state index contributed by atoms with van der Waals surface area (Å²) >= 11 is 0. The highest BCUT2D eigenvalue weighted by Crippen LogP contribution is 2.27. The van der Waals surface area contributed by atoms with Gasteiger partial charge in [0.15, 0.2) is 0 Å². The van der Waals surface area contributed by atoms with Crippen LogP contribution in [0.4, 0.5) is 18.9 Å². The molecule has 0 radical (unpaired) electrons. The van der Waals surface area contributed by atoms with Crippen molar-refractivity contribution in [3.63, 3.8) is 0 Å². The molecule has 1 saturated heterocycles. The van der Waals surface area contributed by atoms with E-state index >= 15 is 0 Å². The van der Waals surface area contributed by atoms with E-state index in [-0.39, 0.29) is 12.5 Å². The number of halogens is 3. The summed E-state index contributed by atoms with van der Waals surface area (Å²) in [6, 6.07) is 5.93. The van der Waals surface area contributed by atoms with Crippen LogP contribution in [0.25, 0.3) is 0 Å². The molecule has 0 unspecified atom stereocenters. The Balaban J connectivity index is 1.88. The van der Waals surface area contributed by atoms with Gasteiger partial charge in [0, 0.05) is 31.9 Å². The van der Waals surface area contributed by atoms with E-state index in [1.165, 1.54) is 4.90 Å². The molecule has 140 valence electrons. The zero-order chi connectivity index (χ0) is 18.6. The number of anilines is 1. The molecule has 0 atom stereocenters. The van der Waals surface area contributed by atoms with Gasteiger partial charge in [-0.3, -0.25) is 14.6 Å². The molecular weight excluding hydrogens is 331 g/mol. The van der Waals surface area contributed by atoms with E-state index in [0.717, 1.165) is 16.8 Å². The number of nitrogens with zero attached hydrogens (tertiary/aromatic N) is 2. The standard InChI is InChI=1S/C18H26F3N3O/c1-13(2)15-6-4-5-14(3)17(15)22-16(25)11-23-7-9-24(10-8-23)12-18(19,20)21/h4-6,13H,7-12H2,1-3H3,(H,22,25). The van der Waals surface area contributed by atoms with Gasteiger partial charge in [0.05, 0.1) is 13.1 Å². The Morgan fingerprint density at radius 3 is 2.32 bits per heavy atom. The van der Waals surface area contributed by atoms with Crippen LogP contribution in [0, 0.1) is 6.92 Å². The van der Waals surface area contributed by atoms with E-state index in [1.807, 2.05) is 30.0 Å². The molecule has 1 fully saturated rings. The zero-order valence-corrected chi connectivity index (χ0v) is 15.0. The first kappa shape index (κ1) is 19.7. The molecule has 0 aromatic heterocycles. The summed E-state index contributed by atoms with van der Waals surface area (Å²) in [4.78, 5) is 15.7. The number of hydrogen-bond donors (Lipinski definition) is 1. The van der Waals surface area contributed by atoms with Crippen molar-refractivity contribution >= 4 is 11.6 Å². The molecule has 0 spiro atoms. The average Bonchev–Trinajstić information content (AvgIpc) is 2.49. The van der Waals surface area contributed by atoms with Crippen LogP contribution in [0.5, 0.6) is 0 Å². The summed E-state index contributed by atoms with van der Waals surface area (Å²) in [5.74, 6) is 0.168. The number of alkyl halides is 3. The van der Waals surface area contributed by atoms with E-state index in [1.54, 1.807) is 0 Å². The number of piperazine rings is 1. The molecule has 4 nitrogen and oxygen atoms in total. The number of carbonyl (C=O) groups is 1. The number of rotatable bonds is 5. The Labute approximate surface area is 147 Å². The Hall–Kier alpha value is -1.60. The highest BCUT2D eigenvalue weighted by atomic mass is 19.4. The maximum absolute atomic E-state index is 12.4. The Morgan fingerprint density at radius 2 is 1.76 bits per heavy atom. The van der Waals surface area contributed by atoms with Crippen molar-refractivity contribution in [3.05, 3.63) is 29.3 Å². The van der Waals surface area contributed by atoms with Gasteiger partial charge in [-0.15, -0.1) is 0 Å². The smallest absolute Gasteiger partial charge is 0.324 e. The number of carbonyl (C=O) groups excluding carboxylic acids is 1. The van der Waals surface area contributed by atoms with Gasteiger partial charge in [-0.25, -0.2) is 0 Å². The molecule has 0 bridgehead atoms. The molecular formula is C18H26F3N3O. The van der Waals surface area contributed by atoms with Crippen molar-refractivity contribution in [2.75, 3.05) is 44.6 Å². The van der Waals surface area contributed by atoms with Crippen molar-refractivity contribution in [1.82, 2.24) is 9.80 Å². The van der Waals surface area contributed by atoms with Crippen molar-refractivity contribution in [3.8, 4) is 0 Å². The lowest BCUT2D eigenvalue weighted by Gasteiger charge is -2.34. The highest BCUT2D eigenvalue weighted by molar-refractivity contribution is 5.93. The van der Waals surface area contributed by atoms with Crippen molar-refractivity contribution in [1.29, 1.82) is 0 Å². The normalized spacial score (nSPS) is 17.1. The van der Waals surface area contributed by atoms with E-state index in [9.17, 15) is 18.0 Å². The van der Waals surface area contributed by atoms with Gasteiger partial charge >= 0.3 is 6.18 Å². The molecule has 0 aliphatic carbocycles. The number of benzene rings is 1. The lowest BCUT2D eigenvalue weighted by atomic mass is 9.98. The molecule has 1 heterocycles. The van der Waals surface area contributed by atoms with Crippen LogP contribution in [0.1, 0.15) is 30.9 Å². The first-order valence-corrected chi connectivity index (χ1v) is 8.56. The average molecular weight is 357 g/mol. The Morgan fingerprint density at radius 1 is 1.16 bits per heavy atom. The summed E-state index contributed by atoms with van der Waals surface area (Å²) in [5.41, 5.74) is 2.94. The Bertz CT molecular complexity index is 594. The van der Waals surface area contributed by atoms with Crippen LogP contribution in [-0.2, 0) is 4.79 Å². The second-order valence-corrected chi connectivity index (χ2v) is 6.91. The molecule has 1 N–H and O–H groups in total. The largest absolute Gasteiger partial charge is 0.401 e. The Kier molecular flexibility index (Phi) is 6.46. The molecule has 1 aliphatic rings. The third kappa shape index (κ3) is 6.01. The van der Waals surface area contributed by atoms with E-state index in [4.69, 9.17) is 0 Å². The molecule has 7 heteroatoms. The first-order valence-electron chi connectivity index (χ1n) is 8.56.